The number of carbonyl (C=O) groups is 1. The second-order valence-electron chi connectivity index (χ2n) is 5.73. The number of amides is 1. The Hall–Kier alpha value is -1.73. The molecule has 3 heterocycles. The number of hydrogen-bond acceptors (Lipinski definition) is 5. The van der Waals surface area contributed by atoms with E-state index in [-0.39, 0.29) is 16.7 Å². The van der Waals surface area contributed by atoms with Crippen LogP contribution in [-0.2, 0) is 9.84 Å². The number of nitrogens with zero attached hydrogens (tertiary/aromatic N) is 2. The molecule has 122 valence electrons. The summed E-state index contributed by atoms with van der Waals surface area (Å²) in [6, 6.07) is 6.91. The van der Waals surface area contributed by atoms with Gasteiger partial charge in [-0.3, -0.25) is 9.78 Å². The lowest BCUT2D eigenvalue weighted by Gasteiger charge is -2.32. The Bertz CT molecular complexity index is 800. The highest BCUT2D eigenvalue weighted by Crippen LogP contribution is 2.30. The van der Waals surface area contributed by atoms with Crippen molar-refractivity contribution in [1.82, 2.24) is 9.88 Å². The third kappa shape index (κ3) is 3.45. The summed E-state index contributed by atoms with van der Waals surface area (Å²) in [5.74, 6) is -0.0277. The van der Waals surface area contributed by atoms with Gasteiger partial charge in [0.25, 0.3) is 5.91 Å². The zero-order valence-electron chi connectivity index (χ0n) is 12.8. The fraction of sp³-hybridized carbons (Fsp3) is 0.375. The summed E-state index contributed by atoms with van der Waals surface area (Å²) in [7, 11) is -3.33. The molecular formula is C16H18N2O3S2. The van der Waals surface area contributed by atoms with Gasteiger partial charge in [0.15, 0.2) is 9.84 Å². The monoisotopic (exact) mass is 350 g/mol. The van der Waals surface area contributed by atoms with Crippen molar-refractivity contribution in [3.8, 4) is 0 Å². The molecule has 0 saturated carbocycles. The molecule has 0 spiro atoms. The number of hydrogen-bond donors (Lipinski definition) is 0. The molecule has 5 nitrogen and oxygen atoms in total. The first-order valence-electron chi connectivity index (χ1n) is 7.44. The van der Waals surface area contributed by atoms with E-state index in [2.05, 4.69) is 4.98 Å². The summed E-state index contributed by atoms with van der Waals surface area (Å²) in [5, 5.41) is 1.88. The minimum atomic E-state index is -3.33. The fourth-order valence-electron chi connectivity index (χ4n) is 2.96. The van der Waals surface area contributed by atoms with Crippen LogP contribution < -0.4 is 0 Å². The SMILES string of the molecule is CS(=O)(=O)c1cccnc1[C@@H]1CCCN(C(=O)c2cccs2)C1. The van der Waals surface area contributed by atoms with Gasteiger partial charge in [-0.15, -0.1) is 11.3 Å². The van der Waals surface area contributed by atoms with E-state index in [1.165, 1.54) is 17.6 Å². The van der Waals surface area contributed by atoms with E-state index in [1.807, 2.05) is 17.5 Å². The normalized spacial score (nSPS) is 18.8. The van der Waals surface area contributed by atoms with Gasteiger partial charge in [-0.1, -0.05) is 6.07 Å². The van der Waals surface area contributed by atoms with Gasteiger partial charge in [0.2, 0.25) is 0 Å². The molecule has 0 aromatic carbocycles. The van der Waals surface area contributed by atoms with Crippen LogP contribution in [-0.4, -0.2) is 43.6 Å². The average Bonchev–Trinajstić information content (AvgIpc) is 3.08. The van der Waals surface area contributed by atoms with Crippen molar-refractivity contribution in [3.05, 3.63) is 46.4 Å². The number of pyridine rings is 1. The Morgan fingerprint density at radius 3 is 2.87 bits per heavy atom. The standard InChI is InChI=1S/C16H18N2O3S2/c1-23(20,21)14-7-2-8-17-15(14)12-5-3-9-18(11-12)16(19)13-6-4-10-22-13/h2,4,6-8,10,12H,3,5,9,11H2,1H3/t12-/m1/s1. The van der Waals surface area contributed by atoms with Crippen LogP contribution in [0.4, 0.5) is 0 Å². The molecule has 0 bridgehead atoms. The van der Waals surface area contributed by atoms with Crippen LogP contribution in [0.3, 0.4) is 0 Å². The predicted molar refractivity (Wildman–Crippen MR) is 89.5 cm³/mol. The zero-order chi connectivity index (χ0) is 16.4. The van der Waals surface area contributed by atoms with E-state index >= 15 is 0 Å². The van der Waals surface area contributed by atoms with Crippen LogP contribution in [0.1, 0.15) is 34.1 Å². The molecule has 0 aliphatic carbocycles. The summed E-state index contributed by atoms with van der Waals surface area (Å²) in [4.78, 5) is 19.6. The van der Waals surface area contributed by atoms with Gasteiger partial charge >= 0.3 is 0 Å². The summed E-state index contributed by atoms with van der Waals surface area (Å²) in [6.45, 7) is 1.21. The first kappa shape index (κ1) is 16.1. The zero-order valence-corrected chi connectivity index (χ0v) is 14.4. The van der Waals surface area contributed by atoms with E-state index in [0.29, 0.717) is 18.8 Å². The van der Waals surface area contributed by atoms with Crippen LogP contribution in [0.15, 0.2) is 40.7 Å². The highest BCUT2D eigenvalue weighted by molar-refractivity contribution is 7.90. The van der Waals surface area contributed by atoms with Crippen LogP contribution in [0.5, 0.6) is 0 Å². The van der Waals surface area contributed by atoms with E-state index in [4.69, 9.17) is 0 Å². The van der Waals surface area contributed by atoms with Crippen LogP contribution in [0, 0.1) is 0 Å². The van der Waals surface area contributed by atoms with Crippen molar-refractivity contribution >= 4 is 27.1 Å². The number of likely N-dealkylation sites (tertiary alicyclic amines) is 1. The largest absolute Gasteiger partial charge is 0.337 e. The maximum atomic E-state index is 12.5. The van der Waals surface area contributed by atoms with Crippen LogP contribution in [0.25, 0.3) is 0 Å². The Morgan fingerprint density at radius 2 is 2.17 bits per heavy atom. The number of aromatic nitrogens is 1. The third-order valence-corrected chi connectivity index (χ3v) is 6.03. The van der Waals surface area contributed by atoms with E-state index in [0.717, 1.165) is 17.7 Å². The summed E-state index contributed by atoms with van der Waals surface area (Å²) < 4.78 is 24.0. The van der Waals surface area contributed by atoms with E-state index < -0.39 is 9.84 Å². The van der Waals surface area contributed by atoms with Gasteiger partial charge in [0, 0.05) is 31.5 Å². The predicted octanol–water partition coefficient (Wildman–Crippen LogP) is 2.57. The number of rotatable bonds is 3. The Balaban J connectivity index is 1.86. The summed E-state index contributed by atoms with van der Waals surface area (Å²) in [5.41, 5.74) is 0.582. The Labute approximate surface area is 139 Å². The quantitative estimate of drug-likeness (QED) is 0.853. The van der Waals surface area contributed by atoms with Gasteiger partial charge in [0.05, 0.1) is 15.5 Å². The molecule has 23 heavy (non-hydrogen) atoms. The van der Waals surface area contributed by atoms with Crippen molar-refractivity contribution in [2.24, 2.45) is 0 Å². The van der Waals surface area contributed by atoms with E-state index in [1.54, 1.807) is 23.2 Å². The highest BCUT2D eigenvalue weighted by Gasteiger charge is 2.29. The summed E-state index contributed by atoms with van der Waals surface area (Å²) in [6.07, 6.45) is 4.50. The molecule has 1 aliphatic rings. The molecule has 0 radical (unpaired) electrons. The smallest absolute Gasteiger partial charge is 0.263 e. The number of carbonyl (C=O) groups excluding carboxylic acids is 1. The Morgan fingerprint density at radius 1 is 1.35 bits per heavy atom. The van der Waals surface area contributed by atoms with Crippen molar-refractivity contribution < 1.29 is 13.2 Å². The molecule has 0 N–H and O–H groups in total. The molecule has 0 unspecified atom stereocenters. The molecule has 7 heteroatoms. The first-order valence-corrected chi connectivity index (χ1v) is 10.2. The molecule has 2 aromatic rings. The average molecular weight is 350 g/mol. The molecule has 2 aromatic heterocycles. The number of sulfone groups is 1. The van der Waals surface area contributed by atoms with Crippen LogP contribution >= 0.6 is 11.3 Å². The lowest BCUT2D eigenvalue weighted by atomic mass is 9.94. The molecular weight excluding hydrogens is 332 g/mol. The van der Waals surface area contributed by atoms with Crippen molar-refractivity contribution in [1.29, 1.82) is 0 Å². The lowest BCUT2D eigenvalue weighted by Crippen LogP contribution is -2.39. The number of thiophene rings is 1. The van der Waals surface area contributed by atoms with E-state index in [9.17, 15) is 13.2 Å². The van der Waals surface area contributed by atoms with Crippen molar-refractivity contribution in [2.45, 2.75) is 23.7 Å². The number of piperidine rings is 1. The lowest BCUT2D eigenvalue weighted by molar-refractivity contribution is 0.0710. The third-order valence-electron chi connectivity index (χ3n) is 4.03. The molecule has 1 amide bonds. The van der Waals surface area contributed by atoms with Gasteiger partial charge in [0.1, 0.15) is 0 Å². The fourth-order valence-corrected chi connectivity index (χ4v) is 4.58. The molecule has 3 rings (SSSR count). The topological polar surface area (TPSA) is 67.3 Å². The second kappa shape index (κ2) is 6.41. The van der Waals surface area contributed by atoms with Crippen molar-refractivity contribution in [2.75, 3.05) is 19.3 Å². The van der Waals surface area contributed by atoms with Gasteiger partial charge in [-0.2, -0.15) is 0 Å². The second-order valence-corrected chi connectivity index (χ2v) is 8.66. The minimum Gasteiger partial charge on any atom is -0.337 e. The first-order chi connectivity index (χ1) is 11.0. The maximum absolute atomic E-state index is 12.5. The summed E-state index contributed by atoms with van der Waals surface area (Å²) >= 11 is 1.43. The van der Waals surface area contributed by atoms with Gasteiger partial charge in [-0.25, -0.2) is 8.42 Å². The molecule has 1 fully saturated rings. The molecule has 1 saturated heterocycles. The van der Waals surface area contributed by atoms with Gasteiger partial charge < -0.3 is 4.90 Å². The maximum Gasteiger partial charge on any atom is 0.263 e. The van der Waals surface area contributed by atoms with Crippen LogP contribution in [0.2, 0.25) is 0 Å². The molecule has 1 atom stereocenters. The highest BCUT2D eigenvalue weighted by atomic mass is 32.2. The minimum absolute atomic E-state index is 0.0153. The Kier molecular flexibility index (Phi) is 4.50. The van der Waals surface area contributed by atoms with Crippen molar-refractivity contribution in [3.63, 3.8) is 0 Å². The molecule has 1 aliphatic heterocycles. The van der Waals surface area contributed by atoms with Gasteiger partial charge in [-0.05, 0) is 36.4 Å².